The van der Waals surface area contributed by atoms with Crippen molar-refractivity contribution < 1.29 is 14.3 Å². The summed E-state index contributed by atoms with van der Waals surface area (Å²) in [5.74, 6) is 1.82. The first-order valence-electron chi connectivity index (χ1n) is 10.00. The van der Waals surface area contributed by atoms with Gasteiger partial charge in [-0.25, -0.2) is 15.2 Å². The maximum atomic E-state index is 12.9. The maximum absolute atomic E-state index is 12.9. The Morgan fingerprint density at radius 1 is 1.13 bits per heavy atom. The van der Waals surface area contributed by atoms with Crippen LogP contribution in [-0.4, -0.2) is 21.9 Å². The van der Waals surface area contributed by atoms with E-state index < -0.39 is 6.03 Å². The minimum absolute atomic E-state index is 0.259. The lowest BCUT2D eigenvalue weighted by molar-refractivity contribution is -0.121. The second-order valence-electron chi connectivity index (χ2n) is 7.13. The van der Waals surface area contributed by atoms with Crippen LogP contribution in [-0.2, 0) is 17.8 Å². The molecule has 9 heteroatoms. The van der Waals surface area contributed by atoms with Crippen molar-refractivity contribution in [1.29, 1.82) is 0 Å². The molecule has 0 radical (unpaired) electrons. The molecule has 0 aliphatic carbocycles. The van der Waals surface area contributed by atoms with Crippen molar-refractivity contribution in [2.24, 2.45) is 0 Å². The molecule has 0 fully saturated rings. The fourth-order valence-electron chi connectivity index (χ4n) is 3.34. The molecule has 8 nitrogen and oxygen atoms in total. The average molecular weight is 440 g/mol. The van der Waals surface area contributed by atoms with Gasteiger partial charge in [-0.3, -0.25) is 15.1 Å². The number of fused-ring (bicyclic) bond motifs is 2. The molecule has 31 heavy (non-hydrogen) atoms. The number of amides is 3. The molecular formula is C22H22ClN5O3. The summed E-state index contributed by atoms with van der Waals surface area (Å²) in [4.78, 5) is 33.7. The summed E-state index contributed by atoms with van der Waals surface area (Å²) in [6.07, 6.45) is 6.06. The van der Waals surface area contributed by atoms with Gasteiger partial charge in [0, 0.05) is 35.8 Å². The zero-order valence-corrected chi connectivity index (χ0v) is 17.5. The SMILES string of the molecule is O=C(CCCCc1ncc[nH]1)NNC(=O)N1Cc2ccccc2Oc2ccc(Cl)cc21. The Labute approximate surface area is 184 Å². The molecule has 3 aromatic rings. The Hall–Kier alpha value is -3.52. The third-order valence-electron chi connectivity index (χ3n) is 4.91. The largest absolute Gasteiger partial charge is 0.455 e. The van der Waals surface area contributed by atoms with Crippen LogP contribution in [0.15, 0.2) is 54.9 Å². The Morgan fingerprint density at radius 3 is 2.84 bits per heavy atom. The van der Waals surface area contributed by atoms with Gasteiger partial charge in [0.25, 0.3) is 0 Å². The minimum Gasteiger partial charge on any atom is -0.455 e. The number of nitrogens with zero attached hydrogens (tertiary/aromatic N) is 2. The van der Waals surface area contributed by atoms with E-state index in [0.29, 0.717) is 35.1 Å². The van der Waals surface area contributed by atoms with Crippen LogP contribution in [0.25, 0.3) is 0 Å². The van der Waals surface area contributed by atoms with Gasteiger partial charge in [-0.2, -0.15) is 0 Å². The van der Waals surface area contributed by atoms with Crippen molar-refractivity contribution in [3.8, 4) is 11.5 Å². The monoisotopic (exact) mass is 439 g/mol. The molecule has 1 aromatic heterocycles. The number of aryl methyl sites for hydroxylation is 1. The Kier molecular flexibility index (Phi) is 6.37. The lowest BCUT2D eigenvalue weighted by atomic mass is 10.2. The number of H-pyrrole nitrogens is 1. The molecule has 1 aliphatic heterocycles. The Morgan fingerprint density at radius 2 is 2.00 bits per heavy atom. The highest BCUT2D eigenvalue weighted by Crippen LogP contribution is 2.40. The van der Waals surface area contributed by atoms with Crippen molar-refractivity contribution in [2.45, 2.75) is 32.2 Å². The number of anilines is 1. The van der Waals surface area contributed by atoms with Crippen LogP contribution in [0.5, 0.6) is 11.5 Å². The number of halogens is 1. The lowest BCUT2D eigenvalue weighted by Gasteiger charge is -2.22. The van der Waals surface area contributed by atoms with Crippen molar-refractivity contribution in [1.82, 2.24) is 20.8 Å². The highest BCUT2D eigenvalue weighted by atomic mass is 35.5. The predicted molar refractivity (Wildman–Crippen MR) is 117 cm³/mol. The van der Waals surface area contributed by atoms with Crippen LogP contribution in [0.1, 0.15) is 30.7 Å². The number of hydrazine groups is 1. The molecular weight excluding hydrogens is 418 g/mol. The predicted octanol–water partition coefficient (Wildman–Crippen LogP) is 4.33. The topological polar surface area (TPSA) is 99.3 Å². The van der Waals surface area contributed by atoms with E-state index in [1.54, 1.807) is 30.6 Å². The molecule has 0 bridgehead atoms. The fraction of sp³-hybridized carbons (Fsp3) is 0.227. The zero-order chi connectivity index (χ0) is 21.6. The summed E-state index contributed by atoms with van der Waals surface area (Å²) in [6, 6.07) is 12.1. The number of hydrogen-bond donors (Lipinski definition) is 3. The molecule has 0 spiro atoms. The van der Waals surface area contributed by atoms with E-state index in [1.807, 2.05) is 24.3 Å². The van der Waals surface area contributed by atoms with Crippen LogP contribution in [0, 0.1) is 0 Å². The van der Waals surface area contributed by atoms with Gasteiger partial charge < -0.3 is 9.72 Å². The average Bonchev–Trinajstić information content (AvgIpc) is 3.23. The summed E-state index contributed by atoms with van der Waals surface area (Å²) in [5, 5.41) is 0.478. The smallest absolute Gasteiger partial charge is 0.341 e. The van der Waals surface area contributed by atoms with Crippen LogP contribution in [0.3, 0.4) is 0 Å². The number of aromatic nitrogens is 2. The molecule has 2 heterocycles. The number of carbonyl (C=O) groups is 2. The van der Waals surface area contributed by atoms with E-state index in [0.717, 1.165) is 24.2 Å². The first kappa shape index (κ1) is 20.7. The van der Waals surface area contributed by atoms with Crippen LogP contribution in [0.2, 0.25) is 5.02 Å². The van der Waals surface area contributed by atoms with Crippen molar-refractivity contribution in [3.63, 3.8) is 0 Å². The van der Waals surface area contributed by atoms with Crippen LogP contribution in [0.4, 0.5) is 10.5 Å². The molecule has 4 rings (SSSR count). The number of unbranched alkanes of at least 4 members (excludes halogenated alkanes) is 1. The minimum atomic E-state index is -0.479. The van der Waals surface area contributed by atoms with Gasteiger partial charge in [0.05, 0.1) is 12.2 Å². The number of carbonyl (C=O) groups excluding carboxylic acids is 2. The number of nitrogens with one attached hydrogen (secondary N) is 3. The number of ether oxygens (including phenoxy) is 1. The van der Waals surface area contributed by atoms with Gasteiger partial charge in [0.2, 0.25) is 5.91 Å². The normalized spacial score (nSPS) is 12.2. The standard InChI is InChI=1S/C22H22ClN5O3/c23-16-9-10-19-17(13-16)28(14-15-5-1-2-6-18(15)31-19)22(30)27-26-21(29)8-4-3-7-20-24-11-12-25-20/h1-2,5-6,9-13H,3-4,7-8,14H2,(H,24,25)(H,26,29)(H,27,30). The fourth-order valence-corrected chi connectivity index (χ4v) is 3.51. The van der Waals surface area contributed by atoms with E-state index >= 15 is 0 Å². The molecule has 3 N–H and O–H groups in total. The van der Waals surface area contributed by atoms with Gasteiger partial charge in [-0.05, 0) is 37.1 Å². The molecule has 0 saturated heterocycles. The van der Waals surface area contributed by atoms with E-state index in [1.165, 1.54) is 4.90 Å². The first-order valence-corrected chi connectivity index (χ1v) is 10.4. The summed E-state index contributed by atoms with van der Waals surface area (Å²) < 4.78 is 5.98. The Balaban J connectivity index is 1.37. The van der Waals surface area contributed by atoms with Gasteiger partial charge in [-0.1, -0.05) is 29.8 Å². The highest BCUT2D eigenvalue weighted by Gasteiger charge is 2.26. The summed E-state index contributed by atoms with van der Waals surface area (Å²) >= 11 is 6.16. The van der Waals surface area contributed by atoms with Crippen molar-refractivity contribution in [3.05, 3.63) is 71.3 Å². The van der Waals surface area contributed by atoms with Crippen LogP contribution < -0.4 is 20.5 Å². The van der Waals surface area contributed by atoms with Crippen molar-refractivity contribution in [2.75, 3.05) is 4.90 Å². The van der Waals surface area contributed by atoms with E-state index in [2.05, 4.69) is 20.8 Å². The molecule has 0 saturated carbocycles. The first-order chi connectivity index (χ1) is 15.1. The molecule has 0 atom stereocenters. The molecule has 0 unspecified atom stereocenters. The second-order valence-corrected chi connectivity index (χ2v) is 7.57. The van der Waals surface area contributed by atoms with Gasteiger partial charge >= 0.3 is 6.03 Å². The third kappa shape index (κ3) is 5.16. The molecule has 160 valence electrons. The number of rotatable bonds is 5. The Bertz CT molecular complexity index is 1070. The van der Waals surface area contributed by atoms with Crippen molar-refractivity contribution >= 4 is 29.2 Å². The number of aromatic amines is 1. The summed E-state index contributed by atoms with van der Waals surface area (Å²) in [5.41, 5.74) is 6.35. The van der Waals surface area contributed by atoms with Gasteiger partial charge in [0.1, 0.15) is 11.6 Å². The third-order valence-corrected chi connectivity index (χ3v) is 5.14. The number of benzene rings is 2. The van der Waals surface area contributed by atoms with Gasteiger partial charge in [-0.15, -0.1) is 0 Å². The number of urea groups is 1. The summed E-state index contributed by atoms with van der Waals surface area (Å²) in [7, 11) is 0. The lowest BCUT2D eigenvalue weighted by Crippen LogP contribution is -2.48. The van der Waals surface area contributed by atoms with Gasteiger partial charge in [0.15, 0.2) is 5.75 Å². The van der Waals surface area contributed by atoms with E-state index in [4.69, 9.17) is 16.3 Å². The van der Waals surface area contributed by atoms with Crippen LogP contribution >= 0.6 is 11.6 Å². The molecule has 1 aliphatic rings. The molecule has 3 amide bonds. The van der Waals surface area contributed by atoms with E-state index in [9.17, 15) is 9.59 Å². The quantitative estimate of drug-likeness (QED) is 0.407. The zero-order valence-electron chi connectivity index (χ0n) is 16.7. The summed E-state index contributed by atoms with van der Waals surface area (Å²) in [6.45, 7) is 0.272. The number of para-hydroxylation sites is 1. The van der Waals surface area contributed by atoms with E-state index in [-0.39, 0.29) is 12.5 Å². The number of hydrogen-bond acceptors (Lipinski definition) is 4. The second kappa shape index (κ2) is 9.53. The number of imidazole rings is 1. The molecule has 2 aromatic carbocycles. The highest BCUT2D eigenvalue weighted by molar-refractivity contribution is 6.31. The maximum Gasteiger partial charge on any atom is 0.341 e.